The van der Waals surface area contributed by atoms with Crippen LogP contribution in [0.5, 0.6) is 0 Å². The summed E-state index contributed by atoms with van der Waals surface area (Å²) >= 11 is 7.69. The molecule has 0 saturated carbocycles. The molecule has 0 fully saturated rings. The van der Waals surface area contributed by atoms with Crippen molar-refractivity contribution < 1.29 is 0 Å². The summed E-state index contributed by atoms with van der Waals surface area (Å²) < 4.78 is 0. The third-order valence-corrected chi connectivity index (χ3v) is 6.08. The summed E-state index contributed by atoms with van der Waals surface area (Å²) in [5, 5.41) is 10.8. The smallest absolute Gasteiger partial charge is 0.206 e. The Kier molecular flexibility index (Phi) is 5.02. The van der Waals surface area contributed by atoms with Gasteiger partial charge in [0.15, 0.2) is 0 Å². The van der Waals surface area contributed by atoms with Crippen molar-refractivity contribution in [2.75, 3.05) is 5.01 Å². The molecule has 4 rings (SSSR count). The first-order valence-corrected chi connectivity index (χ1v) is 10.4. The van der Waals surface area contributed by atoms with Crippen LogP contribution in [0.15, 0.2) is 59.0 Å². The number of thiazole rings is 1. The molecule has 1 aliphatic heterocycles. The Morgan fingerprint density at radius 2 is 1.78 bits per heavy atom. The van der Waals surface area contributed by atoms with E-state index in [9.17, 15) is 0 Å². The number of aryl methyl sites for hydroxylation is 1. The predicted molar refractivity (Wildman–Crippen MR) is 115 cm³/mol. The molecule has 0 amide bonds. The number of hydrazone groups is 1. The zero-order valence-electron chi connectivity index (χ0n) is 15.7. The standard InChI is InChI=1S/C22H22ClN3S/c1-14(2)16-4-6-18(7-5-16)21-12-20(17-8-10-19(23)11-9-17)25-26(21)22-24-15(3)13-27-22/h4-11,13-14,21H,12H2,1-3H3/t21-/m0/s1. The highest BCUT2D eigenvalue weighted by molar-refractivity contribution is 7.13. The van der Waals surface area contributed by atoms with E-state index in [-0.39, 0.29) is 6.04 Å². The van der Waals surface area contributed by atoms with Gasteiger partial charge in [0.2, 0.25) is 5.13 Å². The Balaban J connectivity index is 1.70. The summed E-state index contributed by atoms with van der Waals surface area (Å²) in [5.41, 5.74) is 5.82. The quantitative estimate of drug-likeness (QED) is 0.498. The Labute approximate surface area is 169 Å². The second-order valence-electron chi connectivity index (χ2n) is 7.21. The van der Waals surface area contributed by atoms with E-state index in [0.717, 1.165) is 33.5 Å². The molecular weight excluding hydrogens is 374 g/mol. The number of nitrogens with zero attached hydrogens (tertiary/aromatic N) is 3. The zero-order chi connectivity index (χ0) is 19.0. The fourth-order valence-corrected chi connectivity index (χ4v) is 4.24. The van der Waals surface area contributed by atoms with Gasteiger partial charge in [-0.15, -0.1) is 11.3 Å². The van der Waals surface area contributed by atoms with Crippen molar-refractivity contribution in [1.82, 2.24) is 4.98 Å². The van der Waals surface area contributed by atoms with Gasteiger partial charge in [0.1, 0.15) is 0 Å². The molecule has 1 aliphatic rings. The molecule has 1 atom stereocenters. The van der Waals surface area contributed by atoms with Gasteiger partial charge in [0.05, 0.1) is 17.4 Å². The molecule has 1 aromatic heterocycles. The fourth-order valence-electron chi connectivity index (χ4n) is 3.31. The number of aromatic nitrogens is 1. The van der Waals surface area contributed by atoms with Crippen LogP contribution >= 0.6 is 22.9 Å². The predicted octanol–water partition coefficient (Wildman–Crippen LogP) is 6.58. The minimum atomic E-state index is 0.155. The topological polar surface area (TPSA) is 28.5 Å². The Morgan fingerprint density at radius 3 is 2.37 bits per heavy atom. The van der Waals surface area contributed by atoms with Gasteiger partial charge in [-0.2, -0.15) is 5.10 Å². The van der Waals surface area contributed by atoms with Crippen molar-refractivity contribution in [3.8, 4) is 0 Å². The average Bonchev–Trinajstić information content (AvgIpc) is 3.29. The molecular formula is C22H22ClN3S. The van der Waals surface area contributed by atoms with Crippen LogP contribution in [0.1, 0.15) is 54.6 Å². The summed E-state index contributed by atoms with van der Waals surface area (Å²) in [4.78, 5) is 4.67. The molecule has 27 heavy (non-hydrogen) atoms. The molecule has 138 valence electrons. The third kappa shape index (κ3) is 3.78. The molecule has 0 radical (unpaired) electrons. The molecule has 0 N–H and O–H groups in total. The summed E-state index contributed by atoms with van der Waals surface area (Å²) in [7, 11) is 0. The molecule has 5 heteroatoms. The number of rotatable bonds is 4. The second kappa shape index (κ2) is 7.45. The molecule has 3 nitrogen and oxygen atoms in total. The van der Waals surface area contributed by atoms with Gasteiger partial charge in [0, 0.05) is 16.8 Å². The molecule has 0 aliphatic carbocycles. The van der Waals surface area contributed by atoms with Crippen LogP contribution in [-0.4, -0.2) is 10.7 Å². The maximum absolute atomic E-state index is 6.05. The first-order valence-electron chi connectivity index (χ1n) is 9.16. The largest absolute Gasteiger partial charge is 0.231 e. The van der Waals surface area contributed by atoms with E-state index in [1.807, 2.05) is 31.2 Å². The van der Waals surface area contributed by atoms with Crippen LogP contribution in [-0.2, 0) is 0 Å². The van der Waals surface area contributed by atoms with E-state index >= 15 is 0 Å². The Morgan fingerprint density at radius 1 is 1.07 bits per heavy atom. The van der Waals surface area contributed by atoms with Crippen molar-refractivity contribution in [3.05, 3.63) is 81.3 Å². The normalized spacial score (nSPS) is 16.9. The highest BCUT2D eigenvalue weighted by Crippen LogP contribution is 2.38. The number of halogens is 1. The van der Waals surface area contributed by atoms with Crippen molar-refractivity contribution in [1.29, 1.82) is 0 Å². The lowest BCUT2D eigenvalue weighted by atomic mass is 9.95. The molecule has 0 saturated heterocycles. The lowest BCUT2D eigenvalue weighted by Gasteiger charge is -2.21. The highest BCUT2D eigenvalue weighted by atomic mass is 35.5. The molecule has 0 unspecified atom stereocenters. The van der Waals surface area contributed by atoms with Crippen molar-refractivity contribution in [2.45, 2.75) is 39.2 Å². The van der Waals surface area contributed by atoms with E-state index in [4.69, 9.17) is 16.7 Å². The van der Waals surface area contributed by atoms with Crippen LogP contribution in [0, 0.1) is 6.92 Å². The summed E-state index contributed by atoms with van der Waals surface area (Å²) in [6.07, 6.45) is 0.848. The van der Waals surface area contributed by atoms with Gasteiger partial charge >= 0.3 is 0 Å². The number of hydrogen-bond donors (Lipinski definition) is 0. The maximum Gasteiger partial charge on any atom is 0.206 e. The van der Waals surface area contributed by atoms with E-state index in [0.29, 0.717) is 5.92 Å². The van der Waals surface area contributed by atoms with Gasteiger partial charge in [-0.25, -0.2) is 9.99 Å². The third-order valence-electron chi connectivity index (χ3n) is 4.88. The van der Waals surface area contributed by atoms with Gasteiger partial charge in [0.25, 0.3) is 0 Å². The van der Waals surface area contributed by atoms with E-state index in [1.54, 1.807) is 11.3 Å². The minimum absolute atomic E-state index is 0.155. The molecule has 3 aromatic rings. The summed E-state index contributed by atoms with van der Waals surface area (Å²) in [6.45, 7) is 6.46. The summed E-state index contributed by atoms with van der Waals surface area (Å²) in [6, 6.07) is 17.0. The SMILES string of the molecule is Cc1csc(N2N=C(c3ccc(Cl)cc3)C[C@H]2c2ccc(C(C)C)cc2)n1. The van der Waals surface area contributed by atoms with Crippen LogP contribution in [0.2, 0.25) is 5.02 Å². The van der Waals surface area contributed by atoms with Crippen molar-refractivity contribution in [3.63, 3.8) is 0 Å². The Hall–Kier alpha value is -2.17. The lowest BCUT2D eigenvalue weighted by molar-refractivity contribution is 0.704. The van der Waals surface area contributed by atoms with E-state index < -0.39 is 0 Å². The van der Waals surface area contributed by atoms with Gasteiger partial charge in [-0.05, 0) is 41.7 Å². The monoisotopic (exact) mass is 395 g/mol. The summed E-state index contributed by atoms with van der Waals surface area (Å²) in [5.74, 6) is 0.529. The molecule has 2 aromatic carbocycles. The molecule has 0 spiro atoms. The molecule has 2 heterocycles. The second-order valence-corrected chi connectivity index (χ2v) is 8.48. The average molecular weight is 396 g/mol. The van der Waals surface area contributed by atoms with Crippen LogP contribution in [0.25, 0.3) is 0 Å². The lowest BCUT2D eigenvalue weighted by Crippen LogP contribution is -2.18. The fraction of sp³-hybridized carbons (Fsp3) is 0.273. The Bertz CT molecular complexity index is 958. The van der Waals surface area contributed by atoms with Crippen LogP contribution in [0.3, 0.4) is 0 Å². The van der Waals surface area contributed by atoms with E-state index in [1.165, 1.54) is 11.1 Å². The zero-order valence-corrected chi connectivity index (χ0v) is 17.3. The maximum atomic E-state index is 6.05. The van der Waals surface area contributed by atoms with Crippen molar-refractivity contribution >= 4 is 33.8 Å². The number of hydrogen-bond acceptors (Lipinski definition) is 4. The number of anilines is 1. The van der Waals surface area contributed by atoms with Gasteiger partial charge in [-0.3, -0.25) is 0 Å². The van der Waals surface area contributed by atoms with Gasteiger partial charge in [-0.1, -0.05) is 61.8 Å². The first kappa shape index (κ1) is 18.2. The van der Waals surface area contributed by atoms with E-state index in [2.05, 4.69) is 53.5 Å². The van der Waals surface area contributed by atoms with Crippen LogP contribution in [0.4, 0.5) is 5.13 Å². The van der Waals surface area contributed by atoms with Crippen molar-refractivity contribution in [2.24, 2.45) is 5.10 Å². The first-order chi connectivity index (χ1) is 13.0. The highest BCUT2D eigenvalue weighted by Gasteiger charge is 2.31. The number of benzene rings is 2. The minimum Gasteiger partial charge on any atom is -0.231 e. The van der Waals surface area contributed by atoms with Crippen LogP contribution < -0.4 is 5.01 Å². The van der Waals surface area contributed by atoms with Gasteiger partial charge < -0.3 is 0 Å². The molecule has 0 bridgehead atoms.